The lowest BCUT2D eigenvalue weighted by Crippen LogP contribution is -2.37. The Morgan fingerprint density at radius 1 is 1.35 bits per heavy atom. The fraction of sp³-hybridized carbons (Fsp3) is 0.263. The van der Waals surface area contributed by atoms with Crippen LogP contribution in [0.25, 0.3) is 10.2 Å². The Bertz CT molecular complexity index is 956. The third kappa shape index (κ3) is 3.51. The second-order valence-corrected chi connectivity index (χ2v) is 8.06. The van der Waals surface area contributed by atoms with Gasteiger partial charge in [0.1, 0.15) is 5.82 Å². The zero-order valence-electron chi connectivity index (χ0n) is 13.8. The van der Waals surface area contributed by atoms with Gasteiger partial charge in [0.2, 0.25) is 0 Å². The molecule has 26 heavy (non-hydrogen) atoms. The van der Waals surface area contributed by atoms with Crippen LogP contribution in [-0.4, -0.2) is 30.1 Å². The van der Waals surface area contributed by atoms with Crippen molar-refractivity contribution in [3.63, 3.8) is 0 Å². The summed E-state index contributed by atoms with van der Waals surface area (Å²) in [5, 5.41) is 0.557. The van der Waals surface area contributed by atoms with Crippen LogP contribution in [0.1, 0.15) is 23.2 Å². The lowest BCUT2D eigenvalue weighted by molar-refractivity contribution is 0.0914. The molecule has 1 aliphatic heterocycles. The number of anilines is 1. The fourth-order valence-corrected chi connectivity index (χ4v) is 4.55. The van der Waals surface area contributed by atoms with Crippen LogP contribution < -0.4 is 4.90 Å². The summed E-state index contributed by atoms with van der Waals surface area (Å²) in [6.45, 7) is 1.06. The van der Waals surface area contributed by atoms with E-state index in [1.54, 1.807) is 17.0 Å². The average Bonchev–Trinajstić information content (AvgIpc) is 3.28. The Balaban J connectivity index is 1.73. The maximum atomic E-state index is 14.2. The number of carbonyl (C=O) groups excluding carboxylic acids is 1. The van der Waals surface area contributed by atoms with Gasteiger partial charge in [0, 0.05) is 11.1 Å². The van der Waals surface area contributed by atoms with Gasteiger partial charge in [-0.3, -0.25) is 9.69 Å². The highest BCUT2D eigenvalue weighted by Crippen LogP contribution is 2.32. The van der Waals surface area contributed by atoms with E-state index in [4.69, 9.17) is 4.74 Å². The van der Waals surface area contributed by atoms with Crippen LogP contribution in [0, 0.1) is 5.82 Å². The lowest BCUT2D eigenvalue weighted by Gasteiger charge is -2.23. The van der Waals surface area contributed by atoms with E-state index in [9.17, 15) is 9.18 Å². The largest absolute Gasteiger partial charge is 0.376 e. The second-order valence-electron chi connectivity index (χ2n) is 6.14. The predicted octanol–water partition coefficient (Wildman–Crippen LogP) is 5.02. The molecule has 2 heterocycles. The Kier molecular flexibility index (Phi) is 5.02. The zero-order chi connectivity index (χ0) is 18.1. The van der Waals surface area contributed by atoms with Crippen molar-refractivity contribution in [1.29, 1.82) is 0 Å². The standard InChI is InChI=1S/C19H16BrFN2O2S/c20-12-7-8-16-17(10-12)26-19(22-16)23(11-13-4-3-9-25-13)18(24)14-5-1-2-6-15(14)21/h1-2,5-8,10,13H,3-4,9,11H2. The van der Waals surface area contributed by atoms with Gasteiger partial charge in [0.15, 0.2) is 5.13 Å². The third-order valence-corrected chi connectivity index (χ3v) is 5.86. The number of benzene rings is 2. The van der Waals surface area contributed by atoms with Crippen molar-refractivity contribution in [2.24, 2.45) is 0 Å². The molecular formula is C19H16BrFN2O2S. The number of fused-ring (bicyclic) bond motifs is 1. The summed E-state index contributed by atoms with van der Waals surface area (Å²) in [5.74, 6) is -0.921. The van der Waals surface area contributed by atoms with E-state index in [2.05, 4.69) is 20.9 Å². The van der Waals surface area contributed by atoms with Crippen molar-refractivity contribution < 1.29 is 13.9 Å². The summed E-state index contributed by atoms with van der Waals surface area (Å²) in [4.78, 5) is 19.2. The quantitative estimate of drug-likeness (QED) is 0.578. The van der Waals surface area contributed by atoms with Gasteiger partial charge >= 0.3 is 0 Å². The molecular weight excluding hydrogens is 419 g/mol. The normalized spacial score (nSPS) is 16.9. The number of hydrogen-bond donors (Lipinski definition) is 0. The van der Waals surface area contributed by atoms with Crippen molar-refractivity contribution in [1.82, 2.24) is 4.98 Å². The van der Waals surface area contributed by atoms with Crippen LogP contribution in [-0.2, 0) is 4.74 Å². The van der Waals surface area contributed by atoms with Gasteiger partial charge in [-0.25, -0.2) is 9.37 Å². The Labute approximate surface area is 162 Å². The summed E-state index contributed by atoms with van der Waals surface area (Å²) in [7, 11) is 0. The molecule has 3 aromatic rings. The van der Waals surface area contributed by atoms with Gasteiger partial charge < -0.3 is 4.74 Å². The molecule has 1 fully saturated rings. The molecule has 1 aliphatic rings. The molecule has 0 radical (unpaired) electrons. The molecule has 2 aromatic carbocycles. The average molecular weight is 435 g/mol. The molecule has 0 saturated carbocycles. The van der Waals surface area contributed by atoms with Crippen LogP contribution in [0.15, 0.2) is 46.9 Å². The van der Waals surface area contributed by atoms with Gasteiger partial charge in [-0.1, -0.05) is 39.4 Å². The molecule has 1 atom stereocenters. The maximum absolute atomic E-state index is 14.2. The summed E-state index contributed by atoms with van der Waals surface area (Å²) >= 11 is 4.87. The van der Waals surface area contributed by atoms with Gasteiger partial charge in [0.25, 0.3) is 5.91 Å². The van der Waals surface area contributed by atoms with E-state index in [1.807, 2.05) is 18.2 Å². The summed E-state index contributed by atoms with van der Waals surface area (Å²) in [6.07, 6.45) is 1.81. The molecule has 134 valence electrons. The zero-order valence-corrected chi connectivity index (χ0v) is 16.2. The number of carbonyl (C=O) groups is 1. The van der Waals surface area contributed by atoms with E-state index in [1.165, 1.54) is 23.5 Å². The second kappa shape index (κ2) is 7.42. The molecule has 0 spiro atoms. The van der Waals surface area contributed by atoms with Crippen molar-refractivity contribution in [2.45, 2.75) is 18.9 Å². The molecule has 4 nitrogen and oxygen atoms in total. The Morgan fingerprint density at radius 3 is 2.96 bits per heavy atom. The SMILES string of the molecule is O=C(c1ccccc1F)N(CC1CCCO1)c1nc2ccc(Br)cc2s1. The molecule has 4 rings (SSSR count). The van der Waals surface area contributed by atoms with Crippen LogP contribution in [0.2, 0.25) is 0 Å². The fourth-order valence-electron chi connectivity index (χ4n) is 3.02. The van der Waals surface area contributed by atoms with Crippen LogP contribution in [0.4, 0.5) is 9.52 Å². The lowest BCUT2D eigenvalue weighted by atomic mass is 10.1. The molecule has 0 aliphatic carbocycles. The van der Waals surface area contributed by atoms with Gasteiger partial charge in [0.05, 0.1) is 28.4 Å². The first-order valence-corrected chi connectivity index (χ1v) is 9.97. The van der Waals surface area contributed by atoms with Crippen molar-refractivity contribution in [3.8, 4) is 0 Å². The number of amides is 1. The monoisotopic (exact) mass is 434 g/mol. The van der Waals surface area contributed by atoms with Crippen LogP contribution >= 0.6 is 27.3 Å². The Hall–Kier alpha value is -1.83. The minimum absolute atomic E-state index is 0.0472. The van der Waals surface area contributed by atoms with E-state index < -0.39 is 11.7 Å². The minimum atomic E-state index is -0.529. The number of hydrogen-bond acceptors (Lipinski definition) is 4. The van der Waals surface area contributed by atoms with E-state index in [0.717, 1.165) is 27.5 Å². The highest BCUT2D eigenvalue weighted by Gasteiger charge is 2.28. The highest BCUT2D eigenvalue weighted by molar-refractivity contribution is 9.10. The molecule has 0 N–H and O–H groups in total. The number of thiazole rings is 1. The molecule has 7 heteroatoms. The topological polar surface area (TPSA) is 42.4 Å². The van der Waals surface area contributed by atoms with Crippen molar-refractivity contribution in [3.05, 3.63) is 58.3 Å². The van der Waals surface area contributed by atoms with Crippen molar-refractivity contribution >= 4 is 48.5 Å². The molecule has 1 aromatic heterocycles. The predicted molar refractivity (Wildman–Crippen MR) is 104 cm³/mol. The molecule has 1 unspecified atom stereocenters. The number of halogens is 2. The number of rotatable bonds is 4. The summed E-state index contributed by atoms with van der Waals surface area (Å²) in [6, 6.07) is 11.8. The molecule has 1 saturated heterocycles. The first-order chi connectivity index (χ1) is 12.6. The van der Waals surface area contributed by atoms with Gasteiger partial charge in [-0.15, -0.1) is 0 Å². The number of nitrogens with zero attached hydrogens (tertiary/aromatic N) is 2. The first-order valence-electron chi connectivity index (χ1n) is 8.36. The molecule has 0 bridgehead atoms. The third-order valence-electron chi connectivity index (χ3n) is 4.33. The van der Waals surface area contributed by atoms with Gasteiger partial charge in [-0.2, -0.15) is 0 Å². The van der Waals surface area contributed by atoms with E-state index >= 15 is 0 Å². The van der Waals surface area contributed by atoms with Crippen molar-refractivity contribution in [2.75, 3.05) is 18.1 Å². The van der Waals surface area contributed by atoms with E-state index in [-0.39, 0.29) is 11.7 Å². The van der Waals surface area contributed by atoms with Crippen LogP contribution in [0.3, 0.4) is 0 Å². The first kappa shape index (κ1) is 17.6. The van der Waals surface area contributed by atoms with Crippen LogP contribution in [0.5, 0.6) is 0 Å². The molecule has 1 amide bonds. The number of aromatic nitrogens is 1. The minimum Gasteiger partial charge on any atom is -0.376 e. The smallest absolute Gasteiger partial charge is 0.263 e. The Morgan fingerprint density at radius 2 is 2.19 bits per heavy atom. The highest BCUT2D eigenvalue weighted by atomic mass is 79.9. The maximum Gasteiger partial charge on any atom is 0.263 e. The summed E-state index contributed by atoms with van der Waals surface area (Å²) < 4.78 is 21.8. The van der Waals surface area contributed by atoms with Gasteiger partial charge in [-0.05, 0) is 43.2 Å². The number of ether oxygens (including phenoxy) is 1. The van der Waals surface area contributed by atoms with E-state index in [0.29, 0.717) is 18.3 Å². The summed E-state index contributed by atoms with van der Waals surface area (Å²) in [5.41, 5.74) is 0.859.